The van der Waals surface area contributed by atoms with Gasteiger partial charge < -0.3 is 10.8 Å². The Balaban J connectivity index is 2.37. The summed E-state index contributed by atoms with van der Waals surface area (Å²) in [6.45, 7) is 2.18. The van der Waals surface area contributed by atoms with Crippen molar-refractivity contribution in [3.8, 4) is 0 Å². The maximum Gasteiger partial charge on any atom is 0.123 e. The third kappa shape index (κ3) is 1.55. The molecule has 0 amide bonds. The Labute approximate surface area is 95.3 Å². The molecule has 1 aliphatic carbocycles. The summed E-state index contributed by atoms with van der Waals surface area (Å²) in [5, 5.41) is 10.6. The summed E-state index contributed by atoms with van der Waals surface area (Å²) < 4.78 is 13.2. The molecule has 0 aliphatic heterocycles. The van der Waals surface area contributed by atoms with Crippen molar-refractivity contribution in [3.63, 3.8) is 0 Å². The largest absolute Gasteiger partial charge is 0.385 e. The van der Waals surface area contributed by atoms with Crippen LogP contribution in [0.15, 0.2) is 24.3 Å². The fourth-order valence-corrected chi connectivity index (χ4v) is 2.59. The van der Waals surface area contributed by atoms with Crippen LogP contribution >= 0.6 is 0 Å². The molecule has 16 heavy (non-hydrogen) atoms. The van der Waals surface area contributed by atoms with Crippen LogP contribution in [0.5, 0.6) is 0 Å². The lowest BCUT2D eigenvalue weighted by Gasteiger charge is -2.51. The van der Waals surface area contributed by atoms with Crippen LogP contribution in [-0.2, 0) is 5.60 Å². The molecular formula is C13H18FNO. The van der Waals surface area contributed by atoms with E-state index in [0.29, 0.717) is 12.1 Å². The monoisotopic (exact) mass is 223 g/mol. The van der Waals surface area contributed by atoms with Crippen LogP contribution in [-0.4, -0.2) is 11.7 Å². The first-order valence-corrected chi connectivity index (χ1v) is 5.70. The Bertz CT molecular complexity index is 380. The molecule has 1 atom stereocenters. The molecule has 1 unspecified atom stereocenters. The molecule has 0 heterocycles. The van der Waals surface area contributed by atoms with Crippen molar-refractivity contribution in [2.24, 2.45) is 11.1 Å². The maximum atomic E-state index is 13.2. The number of rotatable bonds is 3. The smallest absolute Gasteiger partial charge is 0.123 e. The number of nitrogens with two attached hydrogens (primary N) is 1. The van der Waals surface area contributed by atoms with Gasteiger partial charge in [0, 0.05) is 12.0 Å². The van der Waals surface area contributed by atoms with Gasteiger partial charge in [0.25, 0.3) is 0 Å². The normalized spacial score (nSPS) is 22.2. The second kappa shape index (κ2) is 3.82. The predicted molar refractivity (Wildman–Crippen MR) is 61.3 cm³/mol. The second-order valence-corrected chi connectivity index (χ2v) is 4.92. The van der Waals surface area contributed by atoms with Crippen LogP contribution < -0.4 is 5.73 Å². The van der Waals surface area contributed by atoms with E-state index in [9.17, 15) is 9.50 Å². The Morgan fingerprint density at radius 2 is 2.19 bits per heavy atom. The maximum absolute atomic E-state index is 13.2. The summed E-state index contributed by atoms with van der Waals surface area (Å²) in [6.07, 6.45) is 2.91. The van der Waals surface area contributed by atoms with Crippen molar-refractivity contribution < 1.29 is 9.50 Å². The molecule has 0 radical (unpaired) electrons. The zero-order valence-corrected chi connectivity index (χ0v) is 9.54. The third-order valence-corrected chi connectivity index (χ3v) is 4.12. The van der Waals surface area contributed by atoms with E-state index >= 15 is 0 Å². The number of hydrogen-bond donors (Lipinski definition) is 2. The average molecular weight is 223 g/mol. The van der Waals surface area contributed by atoms with Gasteiger partial charge in [-0.1, -0.05) is 18.6 Å². The van der Waals surface area contributed by atoms with Gasteiger partial charge in [-0.2, -0.15) is 0 Å². The molecule has 0 bridgehead atoms. The number of hydrogen-bond acceptors (Lipinski definition) is 2. The van der Waals surface area contributed by atoms with Crippen molar-refractivity contribution in [2.45, 2.75) is 31.8 Å². The summed E-state index contributed by atoms with van der Waals surface area (Å²) >= 11 is 0. The van der Waals surface area contributed by atoms with E-state index in [-0.39, 0.29) is 11.2 Å². The summed E-state index contributed by atoms with van der Waals surface area (Å²) in [5.74, 6) is -0.315. The highest BCUT2D eigenvalue weighted by Crippen LogP contribution is 2.52. The lowest BCUT2D eigenvalue weighted by Crippen LogP contribution is -2.53. The SMILES string of the molecule is CC(O)(c1cccc(F)c1)C1(CN)CCC1. The molecule has 0 saturated heterocycles. The van der Waals surface area contributed by atoms with Gasteiger partial charge in [0.2, 0.25) is 0 Å². The third-order valence-electron chi connectivity index (χ3n) is 4.12. The molecule has 3 N–H and O–H groups in total. The lowest BCUT2D eigenvalue weighted by molar-refractivity contribution is -0.116. The van der Waals surface area contributed by atoms with Crippen LogP contribution in [0.3, 0.4) is 0 Å². The van der Waals surface area contributed by atoms with Gasteiger partial charge in [-0.05, 0) is 37.5 Å². The number of halogens is 1. The first-order chi connectivity index (χ1) is 7.52. The van der Waals surface area contributed by atoms with Crippen molar-refractivity contribution in [1.29, 1.82) is 0 Å². The topological polar surface area (TPSA) is 46.2 Å². The Kier molecular flexibility index (Phi) is 2.76. The zero-order chi connectivity index (χ0) is 11.8. The van der Waals surface area contributed by atoms with Crippen LogP contribution in [0.1, 0.15) is 31.7 Å². The van der Waals surface area contributed by atoms with Crippen molar-refractivity contribution >= 4 is 0 Å². The average Bonchev–Trinajstić information content (AvgIpc) is 2.16. The van der Waals surface area contributed by atoms with Crippen LogP contribution in [0.2, 0.25) is 0 Å². The van der Waals surface area contributed by atoms with Crippen LogP contribution in [0, 0.1) is 11.2 Å². The van der Waals surface area contributed by atoms with E-state index < -0.39 is 5.60 Å². The molecular weight excluding hydrogens is 205 g/mol. The Morgan fingerprint density at radius 1 is 1.50 bits per heavy atom. The summed E-state index contributed by atoms with van der Waals surface area (Å²) in [5.41, 5.74) is 5.08. The van der Waals surface area contributed by atoms with Gasteiger partial charge in [0.15, 0.2) is 0 Å². The quantitative estimate of drug-likeness (QED) is 0.825. The van der Waals surface area contributed by atoms with E-state index in [0.717, 1.165) is 19.3 Å². The standard InChI is InChI=1S/C13H18FNO/c1-12(16,13(9-15)6-3-7-13)10-4-2-5-11(14)8-10/h2,4-5,8,16H,3,6-7,9,15H2,1H3. The number of benzene rings is 1. The van der Waals surface area contributed by atoms with Gasteiger partial charge in [0.05, 0.1) is 5.60 Å². The Morgan fingerprint density at radius 3 is 2.62 bits per heavy atom. The lowest BCUT2D eigenvalue weighted by atomic mass is 9.57. The van der Waals surface area contributed by atoms with Gasteiger partial charge in [0.1, 0.15) is 5.82 Å². The van der Waals surface area contributed by atoms with E-state index in [1.165, 1.54) is 12.1 Å². The van der Waals surface area contributed by atoms with Crippen LogP contribution in [0.25, 0.3) is 0 Å². The highest BCUT2D eigenvalue weighted by Gasteiger charge is 2.51. The molecule has 1 saturated carbocycles. The molecule has 2 rings (SSSR count). The van der Waals surface area contributed by atoms with E-state index in [2.05, 4.69) is 0 Å². The molecule has 1 fully saturated rings. The summed E-state index contributed by atoms with van der Waals surface area (Å²) in [7, 11) is 0. The van der Waals surface area contributed by atoms with E-state index in [4.69, 9.17) is 5.73 Å². The van der Waals surface area contributed by atoms with Gasteiger partial charge in [-0.25, -0.2) is 4.39 Å². The second-order valence-electron chi connectivity index (χ2n) is 4.92. The molecule has 2 nitrogen and oxygen atoms in total. The van der Waals surface area contributed by atoms with E-state index in [1.54, 1.807) is 19.1 Å². The predicted octanol–water partition coefficient (Wildman–Crippen LogP) is 2.16. The van der Waals surface area contributed by atoms with Gasteiger partial charge >= 0.3 is 0 Å². The minimum absolute atomic E-state index is 0.277. The first kappa shape index (κ1) is 11.6. The van der Waals surface area contributed by atoms with Crippen LogP contribution in [0.4, 0.5) is 4.39 Å². The van der Waals surface area contributed by atoms with Crippen molar-refractivity contribution in [1.82, 2.24) is 0 Å². The van der Waals surface area contributed by atoms with Gasteiger partial charge in [-0.3, -0.25) is 0 Å². The minimum Gasteiger partial charge on any atom is -0.385 e. The molecule has 1 aliphatic rings. The molecule has 1 aromatic rings. The Hall–Kier alpha value is -0.930. The fraction of sp³-hybridized carbons (Fsp3) is 0.538. The highest BCUT2D eigenvalue weighted by molar-refractivity contribution is 5.26. The molecule has 0 aromatic heterocycles. The highest BCUT2D eigenvalue weighted by atomic mass is 19.1. The summed E-state index contributed by atoms with van der Waals surface area (Å²) in [6, 6.07) is 6.17. The van der Waals surface area contributed by atoms with E-state index in [1.807, 2.05) is 0 Å². The molecule has 0 spiro atoms. The van der Waals surface area contributed by atoms with Gasteiger partial charge in [-0.15, -0.1) is 0 Å². The first-order valence-electron chi connectivity index (χ1n) is 5.70. The molecule has 3 heteroatoms. The van der Waals surface area contributed by atoms with Crippen molar-refractivity contribution in [3.05, 3.63) is 35.6 Å². The zero-order valence-electron chi connectivity index (χ0n) is 9.54. The molecule has 1 aromatic carbocycles. The fourth-order valence-electron chi connectivity index (χ4n) is 2.59. The number of aliphatic hydroxyl groups is 1. The minimum atomic E-state index is -1.04. The summed E-state index contributed by atoms with van der Waals surface area (Å²) in [4.78, 5) is 0. The van der Waals surface area contributed by atoms with Crippen molar-refractivity contribution in [2.75, 3.05) is 6.54 Å². The molecule has 88 valence electrons.